The van der Waals surface area contributed by atoms with Gasteiger partial charge in [0.05, 0.1) is 5.69 Å². The molecule has 2 heteroatoms. The van der Waals surface area contributed by atoms with Crippen LogP contribution in [0.5, 0.6) is 0 Å². The fourth-order valence-electron chi connectivity index (χ4n) is 6.97. The second-order valence-electron chi connectivity index (χ2n) is 12.1. The zero-order valence-electron chi connectivity index (χ0n) is 26.3. The number of benzene rings is 8. The van der Waals surface area contributed by atoms with Crippen molar-refractivity contribution >= 4 is 49.8 Å². The number of fused-ring (bicyclic) bond motifs is 5. The summed E-state index contributed by atoms with van der Waals surface area (Å²) in [6.07, 6.45) is 0. The van der Waals surface area contributed by atoms with Gasteiger partial charge in [0.15, 0.2) is 0 Å². The zero-order chi connectivity index (χ0) is 31.9. The Bertz CT molecular complexity index is 2530. The molecule has 0 spiro atoms. The highest BCUT2D eigenvalue weighted by molar-refractivity contribution is 6.19. The lowest BCUT2D eigenvalue weighted by molar-refractivity contribution is 0.673. The number of hydrogen-bond donors (Lipinski definition) is 0. The van der Waals surface area contributed by atoms with Crippen LogP contribution in [0, 0.1) is 0 Å². The quantitative estimate of drug-likeness (QED) is 0.185. The van der Waals surface area contributed by atoms with Gasteiger partial charge in [-0.05, 0) is 69.6 Å². The minimum Gasteiger partial charge on any atom is -0.455 e. The lowest BCUT2D eigenvalue weighted by Gasteiger charge is -2.28. The van der Waals surface area contributed by atoms with Gasteiger partial charge in [-0.2, -0.15) is 0 Å². The fraction of sp³-hybridized carbons (Fsp3) is 0. The third kappa shape index (κ3) is 4.83. The number of nitrogens with zero attached hydrogens (tertiary/aromatic N) is 1. The first-order valence-corrected chi connectivity index (χ1v) is 16.4. The zero-order valence-corrected chi connectivity index (χ0v) is 26.3. The van der Waals surface area contributed by atoms with Gasteiger partial charge in [0, 0.05) is 39.2 Å². The predicted octanol–water partition coefficient (Wildman–Crippen LogP) is 13.2. The summed E-state index contributed by atoms with van der Waals surface area (Å²) in [4.78, 5) is 2.34. The molecule has 0 aliphatic rings. The van der Waals surface area contributed by atoms with E-state index in [1.54, 1.807) is 0 Å². The van der Waals surface area contributed by atoms with Crippen molar-refractivity contribution in [2.24, 2.45) is 0 Å². The van der Waals surface area contributed by atoms with Crippen molar-refractivity contribution in [3.05, 3.63) is 188 Å². The van der Waals surface area contributed by atoms with E-state index in [1.165, 1.54) is 33.2 Å². The Morgan fingerprint density at radius 1 is 0.333 bits per heavy atom. The summed E-state index contributed by atoms with van der Waals surface area (Å²) in [5.41, 5.74) is 12.1. The third-order valence-electron chi connectivity index (χ3n) is 9.27. The van der Waals surface area contributed by atoms with Gasteiger partial charge < -0.3 is 9.32 Å². The summed E-state index contributed by atoms with van der Waals surface area (Å²) < 4.78 is 6.78. The topological polar surface area (TPSA) is 16.4 Å². The average Bonchev–Trinajstić information content (AvgIpc) is 3.54. The number of furan rings is 1. The molecule has 0 unspecified atom stereocenters. The van der Waals surface area contributed by atoms with Crippen LogP contribution in [0.25, 0.3) is 66.1 Å². The number of anilines is 3. The molecule has 0 fully saturated rings. The Hall–Kier alpha value is -6.38. The Balaban J connectivity index is 1.25. The van der Waals surface area contributed by atoms with E-state index in [1.807, 2.05) is 0 Å². The van der Waals surface area contributed by atoms with Crippen LogP contribution < -0.4 is 4.90 Å². The molecule has 0 amide bonds. The molecule has 9 aromatic rings. The lowest BCUT2D eigenvalue weighted by Crippen LogP contribution is -2.11. The summed E-state index contributed by atoms with van der Waals surface area (Å²) in [5.74, 6) is 0. The van der Waals surface area contributed by atoms with Crippen molar-refractivity contribution in [1.82, 2.24) is 0 Å². The van der Waals surface area contributed by atoms with Gasteiger partial charge >= 0.3 is 0 Å². The molecule has 0 atom stereocenters. The summed E-state index contributed by atoms with van der Waals surface area (Å²) in [5, 5.41) is 4.53. The Labute approximate surface area is 279 Å². The highest BCUT2D eigenvalue weighted by atomic mass is 16.3. The van der Waals surface area contributed by atoms with Crippen LogP contribution in [0.15, 0.2) is 192 Å². The van der Waals surface area contributed by atoms with E-state index in [9.17, 15) is 0 Å². The molecule has 1 heterocycles. The van der Waals surface area contributed by atoms with Crippen molar-refractivity contribution in [1.29, 1.82) is 0 Å². The van der Waals surface area contributed by atoms with Crippen LogP contribution >= 0.6 is 0 Å². The maximum atomic E-state index is 6.78. The largest absolute Gasteiger partial charge is 0.455 e. The molecule has 2 nitrogen and oxygen atoms in total. The second kappa shape index (κ2) is 11.8. The second-order valence-corrected chi connectivity index (χ2v) is 12.1. The van der Waals surface area contributed by atoms with Crippen molar-refractivity contribution in [3.8, 4) is 33.4 Å². The molecule has 8 aromatic carbocycles. The minimum atomic E-state index is 0.862. The molecule has 226 valence electrons. The molecule has 0 saturated heterocycles. The lowest BCUT2D eigenvalue weighted by atomic mass is 9.95. The number of hydrogen-bond acceptors (Lipinski definition) is 2. The SMILES string of the molecule is c1ccc(-c2ccc(N(c3ccc4c(c3)oc3c5ccccc5c(-c5ccccc5)cc43)c3ccccc3-c3ccccc3)cc2)cc1. The van der Waals surface area contributed by atoms with Crippen LogP contribution in [0.4, 0.5) is 17.1 Å². The van der Waals surface area contributed by atoms with E-state index >= 15 is 0 Å². The summed E-state index contributed by atoms with van der Waals surface area (Å²) in [6, 6.07) is 66.7. The number of para-hydroxylation sites is 1. The van der Waals surface area contributed by atoms with Crippen molar-refractivity contribution in [2.75, 3.05) is 4.90 Å². The van der Waals surface area contributed by atoms with Crippen LogP contribution in [0.2, 0.25) is 0 Å². The first-order chi connectivity index (χ1) is 23.8. The predicted molar refractivity (Wildman–Crippen MR) is 202 cm³/mol. The van der Waals surface area contributed by atoms with Gasteiger partial charge in [0.25, 0.3) is 0 Å². The summed E-state index contributed by atoms with van der Waals surface area (Å²) in [6.45, 7) is 0. The van der Waals surface area contributed by atoms with Crippen molar-refractivity contribution < 1.29 is 4.42 Å². The minimum absolute atomic E-state index is 0.862. The molecule has 48 heavy (non-hydrogen) atoms. The van der Waals surface area contributed by atoms with Gasteiger partial charge in [-0.25, -0.2) is 0 Å². The molecule has 1 aromatic heterocycles. The third-order valence-corrected chi connectivity index (χ3v) is 9.27. The highest BCUT2D eigenvalue weighted by Crippen LogP contribution is 2.44. The monoisotopic (exact) mass is 613 g/mol. The van der Waals surface area contributed by atoms with E-state index in [0.717, 1.165) is 50.0 Å². The molecular weight excluding hydrogens is 583 g/mol. The van der Waals surface area contributed by atoms with Gasteiger partial charge in [0.1, 0.15) is 11.2 Å². The van der Waals surface area contributed by atoms with Gasteiger partial charge in [0.2, 0.25) is 0 Å². The Kier molecular flexibility index (Phi) is 6.84. The normalized spacial score (nSPS) is 11.3. The number of rotatable bonds is 6. The van der Waals surface area contributed by atoms with Crippen LogP contribution in [-0.2, 0) is 0 Å². The van der Waals surface area contributed by atoms with Gasteiger partial charge in [-0.3, -0.25) is 0 Å². The fourth-order valence-corrected chi connectivity index (χ4v) is 6.97. The van der Waals surface area contributed by atoms with Crippen LogP contribution in [0.1, 0.15) is 0 Å². The highest BCUT2D eigenvalue weighted by Gasteiger charge is 2.20. The molecule has 0 saturated carbocycles. The maximum Gasteiger partial charge on any atom is 0.143 e. The Morgan fingerprint density at radius 2 is 0.875 bits per heavy atom. The van der Waals surface area contributed by atoms with Crippen molar-refractivity contribution in [3.63, 3.8) is 0 Å². The average molecular weight is 614 g/mol. The molecular formula is C46H31NO. The molecule has 0 N–H and O–H groups in total. The maximum absolute atomic E-state index is 6.78. The molecule has 0 radical (unpaired) electrons. The van der Waals surface area contributed by atoms with Crippen LogP contribution in [0.3, 0.4) is 0 Å². The van der Waals surface area contributed by atoms with Crippen molar-refractivity contribution in [2.45, 2.75) is 0 Å². The summed E-state index contributed by atoms with van der Waals surface area (Å²) >= 11 is 0. The van der Waals surface area contributed by atoms with E-state index in [0.29, 0.717) is 0 Å². The molecule has 0 bridgehead atoms. The molecule has 0 aliphatic carbocycles. The van der Waals surface area contributed by atoms with E-state index < -0.39 is 0 Å². The smallest absolute Gasteiger partial charge is 0.143 e. The first kappa shape index (κ1) is 27.9. The van der Waals surface area contributed by atoms with E-state index in [-0.39, 0.29) is 0 Å². The van der Waals surface area contributed by atoms with E-state index in [2.05, 4.69) is 193 Å². The summed E-state index contributed by atoms with van der Waals surface area (Å²) in [7, 11) is 0. The van der Waals surface area contributed by atoms with Crippen LogP contribution in [-0.4, -0.2) is 0 Å². The van der Waals surface area contributed by atoms with E-state index in [4.69, 9.17) is 4.42 Å². The Morgan fingerprint density at radius 3 is 1.58 bits per heavy atom. The van der Waals surface area contributed by atoms with Gasteiger partial charge in [-0.1, -0.05) is 146 Å². The standard InChI is InChI=1S/C46H31NO/c1-4-14-32(15-5-1)33-24-26-36(27-25-33)47(44-23-13-12-20-38(44)34-16-6-2-7-17-34)37-28-29-40-43-31-42(35-18-8-3-9-19-35)39-21-10-11-22-41(39)46(43)48-45(40)30-37/h1-31H. The van der Waals surface area contributed by atoms with Gasteiger partial charge in [-0.15, -0.1) is 0 Å². The first-order valence-electron chi connectivity index (χ1n) is 16.4. The molecule has 0 aliphatic heterocycles. The molecule has 9 rings (SSSR count).